The highest BCUT2D eigenvalue weighted by molar-refractivity contribution is 5.90. The Morgan fingerprint density at radius 3 is 2.40 bits per heavy atom. The summed E-state index contributed by atoms with van der Waals surface area (Å²) in [4.78, 5) is 24.7. The Kier molecular flexibility index (Phi) is 9.27. The predicted molar refractivity (Wildman–Crippen MR) is 134 cm³/mol. The lowest BCUT2D eigenvalue weighted by Gasteiger charge is -2.44. The van der Waals surface area contributed by atoms with Crippen LogP contribution in [0.4, 0.5) is 0 Å². The number of hydrogen-bond donors (Lipinski definition) is 5. The standard InChI is InChI=1S/C27H34O13/c1-27(34)11-10-15-18(23(33)35-2)24(36-3)39-25(19(15)27)40-26-22(32)21(31)20(30)16(38-26)12-37-17(29)9-6-13-4-7-14(28)8-5-13/h4-9,16,19-22,24-26,28,30-32,34H,10-12H2,1-3H3/t16-,19-,20-,21+,22-,24-,25+,26+,27+/m0/s1. The lowest BCUT2D eigenvalue weighted by atomic mass is 9.85. The molecule has 0 bridgehead atoms. The van der Waals surface area contributed by atoms with Crippen LogP contribution in [0.5, 0.6) is 5.75 Å². The van der Waals surface area contributed by atoms with Crippen LogP contribution in [0.15, 0.2) is 41.5 Å². The summed E-state index contributed by atoms with van der Waals surface area (Å²) in [7, 11) is 2.52. The van der Waals surface area contributed by atoms with E-state index in [9.17, 15) is 35.1 Å². The molecule has 0 amide bonds. The SMILES string of the molecule is COC(=O)C1=C2CC[C@@](C)(O)[C@@H]2[C@@H](O[C@H]2O[C@@H](COC(=O)C=Cc3ccc(O)cc3)[C@H](O)[C@@H](O)[C@@H]2O)O[C@@H]1OC. The lowest BCUT2D eigenvalue weighted by molar-refractivity contribution is -0.363. The number of benzene rings is 1. The minimum Gasteiger partial charge on any atom is -0.508 e. The maximum atomic E-state index is 12.5. The number of ether oxygens (including phenoxy) is 6. The Labute approximate surface area is 230 Å². The molecule has 0 radical (unpaired) electrons. The summed E-state index contributed by atoms with van der Waals surface area (Å²) in [5, 5.41) is 51.9. The highest BCUT2D eigenvalue weighted by Crippen LogP contribution is 2.49. The van der Waals surface area contributed by atoms with E-state index < -0.39 is 73.4 Å². The normalized spacial score (nSPS) is 36.0. The third kappa shape index (κ3) is 6.21. The molecule has 1 aliphatic carbocycles. The van der Waals surface area contributed by atoms with Gasteiger partial charge in [0.25, 0.3) is 0 Å². The van der Waals surface area contributed by atoms with Crippen LogP contribution in [0.1, 0.15) is 25.3 Å². The molecule has 220 valence electrons. The Hall–Kier alpha value is -2.88. The fourth-order valence-electron chi connectivity index (χ4n) is 5.14. The van der Waals surface area contributed by atoms with Crippen LogP contribution in [-0.4, -0.2) is 107 Å². The number of aromatic hydroxyl groups is 1. The van der Waals surface area contributed by atoms with Gasteiger partial charge in [-0.3, -0.25) is 0 Å². The van der Waals surface area contributed by atoms with E-state index >= 15 is 0 Å². The second-order valence-corrected chi connectivity index (χ2v) is 10.0. The molecular weight excluding hydrogens is 532 g/mol. The number of hydrogen-bond acceptors (Lipinski definition) is 13. The Bertz CT molecular complexity index is 1130. The zero-order valence-corrected chi connectivity index (χ0v) is 22.2. The minimum absolute atomic E-state index is 0.0738. The van der Waals surface area contributed by atoms with Crippen molar-refractivity contribution in [2.24, 2.45) is 5.92 Å². The van der Waals surface area contributed by atoms with Crippen molar-refractivity contribution >= 4 is 18.0 Å². The molecule has 5 N–H and O–H groups in total. The minimum atomic E-state index is -1.73. The summed E-state index contributed by atoms with van der Waals surface area (Å²) < 4.78 is 32.7. The number of phenolic OH excluding ortho intramolecular Hbond substituents is 1. The molecule has 2 heterocycles. The summed E-state index contributed by atoms with van der Waals surface area (Å²) in [6, 6.07) is 6.08. The van der Waals surface area contributed by atoms with Gasteiger partial charge in [-0.1, -0.05) is 12.1 Å². The molecule has 1 aromatic rings. The van der Waals surface area contributed by atoms with E-state index in [0.29, 0.717) is 17.6 Å². The molecule has 2 aliphatic heterocycles. The van der Waals surface area contributed by atoms with Crippen LogP contribution >= 0.6 is 0 Å². The molecule has 40 heavy (non-hydrogen) atoms. The van der Waals surface area contributed by atoms with Gasteiger partial charge in [-0.25, -0.2) is 9.59 Å². The van der Waals surface area contributed by atoms with Crippen LogP contribution in [0, 0.1) is 5.92 Å². The van der Waals surface area contributed by atoms with Crippen molar-refractivity contribution in [1.82, 2.24) is 0 Å². The van der Waals surface area contributed by atoms with E-state index in [1.54, 1.807) is 19.1 Å². The Morgan fingerprint density at radius 1 is 1.05 bits per heavy atom. The maximum Gasteiger partial charge on any atom is 0.338 e. The summed E-state index contributed by atoms with van der Waals surface area (Å²) in [6.07, 6.45) is -7.25. The van der Waals surface area contributed by atoms with Crippen LogP contribution in [0.25, 0.3) is 6.08 Å². The first kappa shape index (κ1) is 30.1. The van der Waals surface area contributed by atoms with Crippen LogP contribution < -0.4 is 0 Å². The van der Waals surface area contributed by atoms with Gasteiger partial charge < -0.3 is 54.0 Å². The molecule has 0 spiro atoms. The number of esters is 2. The first-order chi connectivity index (χ1) is 19.0. The number of carbonyl (C=O) groups is 2. The predicted octanol–water partition coefficient (Wildman–Crippen LogP) is -0.268. The average Bonchev–Trinajstić information content (AvgIpc) is 3.26. The summed E-state index contributed by atoms with van der Waals surface area (Å²) in [6.45, 7) is 1.06. The van der Waals surface area contributed by atoms with Crippen molar-refractivity contribution in [2.45, 2.75) is 68.7 Å². The van der Waals surface area contributed by atoms with E-state index in [1.807, 2.05) is 0 Å². The molecule has 1 aromatic carbocycles. The molecular formula is C27H34O13. The summed E-state index contributed by atoms with van der Waals surface area (Å²) in [5.41, 5.74) is -0.117. The number of fused-ring (bicyclic) bond motifs is 1. The summed E-state index contributed by atoms with van der Waals surface area (Å²) in [5.74, 6) is -2.25. The molecule has 4 rings (SSSR count). The number of aliphatic hydroxyl groups excluding tert-OH is 3. The number of rotatable bonds is 8. The van der Waals surface area contributed by atoms with E-state index in [-0.39, 0.29) is 17.7 Å². The third-order valence-corrected chi connectivity index (χ3v) is 7.31. The number of aliphatic hydroxyl groups is 4. The molecule has 0 unspecified atom stereocenters. The van der Waals surface area contributed by atoms with Gasteiger partial charge in [0.05, 0.1) is 24.2 Å². The van der Waals surface area contributed by atoms with E-state index in [4.69, 9.17) is 28.4 Å². The van der Waals surface area contributed by atoms with Crippen molar-refractivity contribution < 1.29 is 63.5 Å². The quantitative estimate of drug-likeness (QED) is 0.204. The topological polar surface area (TPSA) is 191 Å². The second-order valence-electron chi connectivity index (χ2n) is 10.0. The van der Waals surface area contributed by atoms with Gasteiger partial charge in [-0.2, -0.15) is 0 Å². The van der Waals surface area contributed by atoms with E-state index in [0.717, 1.165) is 6.08 Å². The van der Waals surface area contributed by atoms with Crippen molar-refractivity contribution in [2.75, 3.05) is 20.8 Å². The van der Waals surface area contributed by atoms with Gasteiger partial charge >= 0.3 is 11.9 Å². The van der Waals surface area contributed by atoms with Gasteiger partial charge in [0.2, 0.25) is 0 Å². The average molecular weight is 567 g/mol. The molecule has 0 aromatic heterocycles. The van der Waals surface area contributed by atoms with Crippen LogP contribution in [-0.2, 0) is 38.0 Å². The fourth-order valence-corrected chi connectivity index (χ4v) is 5.14. The maximum absolute atomic E-state index is 12.5. The van der Waals surface area contributed by atoms with Gasteiger partial charge in [-0.15, -0.1) is 0 Å². The molecule has 2 fully saturated rings. The molecule has 1 saturated carbocycles. The van der Waals surface area contributed by atoms with Gasteiger partial charge in [0, 0.05) is 13.2 Å². The molecule has 3 aliphatic rings. The Morgan fingerprint density at radius 2 is 1.75 bits per heavy atom. The molecule has 9 atom stereocenters. The Balaban J connectivity index is 1.47. The van der Waals surface area contributed by atoms with Gasteiger partial charge in [0.15, 0.2) is 18.9 Å². The highest BCUT2D eigenvalue weighted by Gasteiger charge is 2.55. The summed E-state index contributed by atoms with van der Waals surface area (Å²) >= 11 is 0. The first-order valence-electron chi connectivity index (χ1n) is 12.7. The third-order valence-electron chi connectivity index (χ3n) is 7.31. The number of methoxy groups -OCH3 is 2. The van der Waals surface area contributed by atoms with Crippen molar-refractivity contribution in [3.8, 4) is 5.75 Å². The second kappa shape index (κ2) is 12.3. The molecule has 13 heteroatoms. The van der Waals surface area contributed by atoms with Crippen molar-refractivity contribution in [3.63, 3.8) is 0 Å². The van der Waals surface area contributed by atoms with Crippen molar-refractivity contribution in [3.05, 3.63) is 47.1 Å². The number of carbonyl (C=O) groups excluding carboxylic acids is 2. The van der Waals surface area contributed by atoms with Crippen molar-refractivity contribution in [1.29, 1.82) is 0 Å². The van der Waals surface area contributed by atoms with E-state index in [2.05, 4.69) is 0 Å². The first-order valence-corrected chi connectivity index (χ1v) is 12.7. The van der Waals surface area contributed by atoms with Gasteiger partial charge in [-0.05, 0) is 49.1 Å². The largest absolute Gasteiger partial charge is 0.508 e. The smallest absolute Gasteiger partial charge is 0.338 e. The van der Waals surface area contributed by atoms with Gasteiger partial charge in [0.1, 0.15) is 36.8 Å². The lowest BCUT2D eigenvalue weighted by Crippen LogP contribution is -2.61. The van der Waals surface area contributed by atoms with E-state index in [1.165, 1.54) is 32.4 Å². The molecule has 13 nitrogen and oxygen atoms in total. The highest BCUT2D eigenvalue weighted by atomic mass is 16.8. The monoisotopic (exact) mass is 566 g/mol. The number of phenols is 1. The zero-order chi connectivity index (χ0) is 29.2. The zero-order valence-electron chi connectivity index (χ0n) is 22.2. The molecule has 1 saturated heterocycles. The van der Waals surface area contributed by atoms with Crippen LogP contribution in [0.3, 0.4) is 0 Å². The van der Waals surface area contributed by atoms with Crippen LogP contribution in [0.2, 0.25) is 0 Å². The fraction of sp³-hybridized carbons (Fsp3) is 0.556.